The first-order valence-corrected chi connectivity index (χ1v) is 38.2. The van der Waals surface area contributed by atoms with Gasteiger partial charge in [-0.05, 0) is 12.8 Å². The zero-order valence-corrected chi connectivity index (χ0v) is 58.0. The van der Waals surface area contributed by atoms with Crippen LogP contribution >= 0.6 is 0 Å². The predicted molar refractivity (Wildman–Crippen MR) is 362 cm³/mol. The number of rotatable bonds is 73. The topological polar surface area (TPSA) is 111 Å². The minimum Gasteiger partial charge on any atom is -0.545 e. The SMILES string of the molecule is CCCCCCCCCCCCCCCCCCCCCCCCCCCCCCCCCCCCCCCCC(=O)OC(COC(=O)CCCCCCCCCCCCCCCCCCCCCCCC)COC(OCC[N+](C)(C)C)C(=O)[O-]. The fourth-order valence-electron chi connectivity index (χ4n) is 12.0. The number of carboxylic acids is 1. The number of carboxylic acid groups (broad SMARTS) is 1. The Balaban J connectivity index is 3.93. The minimum absolute atomic E-state index is 0.154. The van der Waals surface area contributed by atoms with Crippen molar-refractivity contribution in [2.45, 2.75) is 424 Å². The highest BCUT2D eigenvalue weighted by Crippen LogP contribution is 2.20. The minimum atomic E-state index is -1.62. The molecule has 0 spiro atoms. The van der Waals surface area contributed by atoms with Gasteiger partial charge in [0.15, 0.2) is 12.4 Å². The monoisotopic (exact) mass is 1200 g/mol. The van der Waals surface area contributed by atoms with Crippen LogP contribution in [0, 0.1) is 0 Å². The Morgan fingerprint density at radius 2 is 0.529 bits per heavy atom. The molecule has 85 heavy (non-hydrogen) atoms. The highest BCUT2D eigenvalue weighted by atomic mass is 16.7. The van der Waals surface area contributed by atoms with E-state index in [1.807, 2.05) is 21.1 Å². The molecular formula is C76H149NO8. The number of unbranched alkanes of at least 4 members (excludes halogenated alkanes) is 58. The first kappa shape index (κ1) is 83.3. The van der Waals surface area contributed by atoms with Crippen LogP contribution in [0.5, 0.6) is 0 Å². The Bertz CT molecular complexity index is 1350. The van der Waals surface area contributed by atoms with E-state index in [9.17, 15) is 19.5 Å². The van der Waals surface area contributed by atoms with Gasteiger partial charge in [-0.1, -0.05) is 386 Å². The maximum atomic E-state index is 12.9. The van der Waals surface area contributed by atoms with Gasteiger partial charge in [0, 0.05) is 12.8 Å². The molecule has 0 radical (unpaired) electrons. The van der Waals surface area contributed by atoms with Gasteiger partial charge in [0.25, 0.3) is 0 Å². The van der Waals surface area contributed by atoms with E-state index >= 15 is 0 Å². The molecule has 0 fully saturated rings. The van der Waals surface area contributed by atoms with Gasteiger partial charge in [0.1, 0.15) is 13.2 Å². The van der Waals surface area contributed by atoms with Crippen molar-refractivity contribution < 1.29 is 42.9 Å². The van der Waals surface area contributed by atoms with Crippen LogP contribution in [0.3, 0.4) is 0 Å². The van der Waals surface area contributed by atoms with Crippen LogP contribution in [0.4, 0.5) is 0 Å². The van der Waals surface area contributed by atoms with E-state index in [0.717, 1.165) is 38.5 Å². The second-order valence-electron chi connectivity index (χ2n) is 27.7. The zero-order chi connectivity index (χ0) is 61.9. The Kier molecular flexibility index (Phi) is 66.8. The summed E-state index contributed by atoms with van der Waals surface area (Å²) in [4.78, 5) is 37.5. The van der Waals surface area contributed by atoms with Crippen LogP contribution in [0.2, 0.25) is 0 Å². The molecule has 0 rings (SSSR count). The van der Waals surface area contributed by atoms with Crippen molar-refractivity contribution in [3.63, 3.8) is 0 Å². The zero-order valence-electron chi connectivity index (χ0n) is 58.0. The number of esters is 2. The number of hydrogen-bond donors (Lipinski definition) is 0. The molecule has 0 aromatic heterocycles. The van der Waals surface area contributed by atoms with Crippen LogP contribution in [-0.4, -0.2) is 82.3 Å². The average molecular weight is 1210 g/mol. The highest BCUT2D eigenvalue weighted by Gasteiger charge is 2.22. The Hall–Kier alpha value is -1.71. The molecule has 0 bridgehead atoms. The lowest BCUT2D eigenvalue weighted by molar-refractivity contribution is -0.870. The van der Waals surface area contributed by atoms with E-state index in [-0.39, 0.29) is 32.2 Å². The molecule has 0 saturated heterocycles. The fraction of sp³-hybridized carbons (Fsp3) is 0.961. The molecule has 0 heterocycles. The maximum absolute atomic E-state index is 12.9. The van der Waals surface area contributed by atoms with E-state index in [4.69, 9.17) is 18.9 Å². The summed E-state index contributed by atoms with van der Waals surface area (Å²) in [5, 5.41) is 11.8. The van der Waals surface area contributed by atoms with Crippen LogP contribution in [0.25, 0.3) is 0 Å². The molecule has 0 aliphatic carbocycles. The summed E-state index contributed by atoms with van der Waals surface area (Å²) < 4.78 is 22.9. The number of ether oxygens (including phenoxy) is 4. The highest BCUT2D eigenvalue weighted by molar-refractivity contribution is 5.70. The van der Waals surface area contributed by atoms with Gasteiger partial charge in [-0.15, -0.1) is 0 Å². The standard InChI is InChI=1S/C76H149NO8/c1-6-8-10-12-14-16-18-20-22-24-26-28-30-31-32-33-34-35-36-37-38-39-40-41-42-43-44-45-47-49-51-53-55-57-59-61-63-65-67-74(79)85-72(71-84-76(75(80)81)82-69-68-77(3,4)5)70-83-73(78)66-64-62-60-58-56-54-52-50-48-46-29-27-25-23-21-19-17-15-13-11-9-7-2/h72,76H,6-71H2,1-5H3. The van der Waals surface area contributed by atoms with Crippen molar-refractivity contribution >= 4 is 17.9 Å². The summed E-state index contributed by atoms with van der Waals surface area (Å²) >= 11 is 0. The van der Waals surface area contributed by atoms with E-state index in [0.29, 0.717) is 17.4 Å². The van der Waals surface area contributed by atoms with Gasteiger partial charge in [0.2, 0.25) is 0 Å². The Labute approximate surface area is 530 Å². The van der Waals surface area contributed by atoms with Crippen molar-refractivity contribution in [2.24, 2.45) is 0 Å². The lowest BCUT2D eigenvalue weighted by Gasteiger charge is -2.26. The molecule has 9 nitrogen and oxygen atoms in total. The van der Waals surface area contributed by atoms with Gasteiger partial charge in [-0.2, -0.15) is 0 Å². The predicted octanol–water partition coefficient (Wildman–Crippen LogP) is 22.5. The molecular weight excluding hydrogens is 1050 g/mol. The van der Waals surface area contributed by atoms with Crippen LogP contribution in [0.15, 0.2) is 0 Å². The molecule has 2 unspecified atom stereocenters. The first-order chi connectivity index (χ1) is 41.6. The van der Waals surface area contributed by atoms with Crippen molar-refractivity contribution in [3.05, 3.63) is 0 Å². The van der Waals surface area contributed by atoms with Crippen LogP contribution < -0.4 is 5.11 Å². The van der Waals surface area contributed by atoms with Gasteiger partial charge < -0.3 is 33.3 Å². The lowest BCUT2D eigenvalue weighted by Crippen LogP contribution is -2.44. The molecule has 0 N–H and O–H groups in total. The van der Waals surface area contributed by atoms with Gasteiger partial charge >= 0.3 is 11.9 Å². The smallest absolute Gasteiger partial charge is 0.306 e. The summed E-state index contributed by atoms with van der Waals surface area (Å²) in [6, 6.07) is 0. The molecule has 9 heteroatoms. The molecule has 0 aromatic rings. The number of carbonyl (C=O) groups excluding carboxylic acids is 3. The number of hydrogen-bond acceptors (Lipinski definition) is 8. The number of quaternary nitrogens is 1. The number of likely N-dealkylation sites (N-methyl/N-ethyl adjacent to an activating group) is 1. The second-order valence-corrected chi connectivity index (χ2v) is 27.7. The molecule has 0 aromatic carbocycles. The van der Waals surface area contributed by atoms with E-state index in [2.05, 4.69) is 13.8 Å². The van der Waals surface area contributed by atoms with E-state index in [1.54, 1.807) is 0 Å². The third-order valence-electron chi connectivity index (χ3n) is 17.9. The third-order valence-corrected chi connectivity index (χ3v) is 17.9. The molecule has 506 valence electrons. The second kappa shape index (κ2) is 68.2. The van der Waals surface area contributed by atoms with Gasteiger partial charge in [-0.3, -0.25) is 9.59 Å². The largest absolute Gasteiger partial charge is 0.545 e. The number of nitrogens with zero attached hydrogens (tertiary/aromatic N) is 1. The van der Waals surface area contributed by atoms with E-state index < -0.39 is 24.3 Å². The average Bonchev–Trinajstić information content (AvgIpc) is 3.49. The Morgan fingerprint density at radius 3 is 0.753 bits per heavy atom. The molecule has 0 amide bonds. The van der Waals surface area contributed by atoms with Crippen LogP contribution in [0.1, 0.15) is 412 Å². The Morgan fingerprint density at radius 1 is 0.306 bits per heavy atom. The van der Waals surface area contributed by atoms with Crippen molar-refractivity contribution in [2.75, 3.05) is 47.5 Å². The normalized spacial score (nSPS) is 12.5. The summed E-state index contributed by atoms with van der Waals surface area (Å²) in [6.45, 7) is 4.85. The lowest BCUT2D eigenvalue weighted by atomic mass is 10.0. The first-order valence-electron chi connectivity index (χ1n) is 38.2. The number of aliphatic carboxylic acids is 1. The summed E-state index contributed by atoms with van der Waals surface area (Å²) in [6.07, 6.45) is 79.4. The molecule has 0 aliphatic heterocycles. The molecule has 2 atom stereocenters. The van der Waals surface area contributed by atoms with E-state index in [1.165, 1.54) is 347 Å². The van der Waals surface area contributed by atoms with Crippen molar-refractivity contribution in [1.29, 1.82) is 0 Å². The van der Waals surface area contributed by atoms with Crippen LogP contribution in [-0.2, 0) is 33.3 Å². The molecule has 0 aliphatic rings. The third kappa shape index (κ3) is 69.6. The summed E-state index contributed by atoms with van der Waals surface area (Å²) in [7, 11) is 5.95. The van der Waals surface area contributed by atoms with Crippen molar-refractivity contribution in [1.82, 2.24) is 0 Å². The molecule has 0 saturated carbocycles. The summed E-state index contributed by atoms with van der Waals surface area (Å²) in [5.41, 5.74) is 0. The fourth-order valence-corrected chi connectivity index (χ4v) is 12.0. The summed E-state index contributed by atoms with van der Waals surface area (Å²) in [5.74, 6) is -2.24. The number of carbonyl (C=O) groups is 3. The quantitative estimate of drug-likeness (QED) is 0.0256. The maximum Gasteiger partial charge on any atom is 0.306 e. The van der Waals surface area contributed by atoms with Gasteiger partial charge in [0.05, 0.1) is 40.3 Å². The van der Waals surface area contributed by atoms with Crippen molar-refractivity contribution in [3.8, 4) is 0 Å². The van der Waals surface area contributed by atoms with Gasteiger partial charge in [-0.25, -0.2) is 0 Å².